The van der Waals surface area contributed by atoms with E-state index in [0.717, 1.165) is 11.1 Å². The average molecular weight is 233 g/mol. The number of benzene rings is 1. The fourth-order valence-electron chi connectivity index (χ4n) is 1.46. The number of hydrogen-bond donors (Lipinski definition) is 3. The molecule has 0 aliphatic heterocycles. The van der Waals surface area contributed by atoms with Crippen molar-refractivity contribution in [2.45, 2.75) is 6.42 Å². The van der Waals surface area contributed by atoms with Crippen LogP contribution < -0.4 is 5.73 Å². The maximum atomic E-state index is 9.33. The Kier molecular flexibility index (Phi) is 2.87. The van der Waals surface area contributed by atoms with Crippen LogP contribution in [0.1, 0.15) is 11.1 Å². The first kappa shape index (κ1) is 10.6. The summed E-state index contributed by atoms with van der Waals surface area (Å²) >= 11 is 4.86. The van der Waals surface area contributed by atoms with E-state index in [1.54, 1.807) is 24.4 Å². The third kappa shape index (κ3) is 2.38. The van der Waals surface area contributed by atoms with Gasteiger partial charge in [-0.2, -0.15) is 0 Å². The van der Waals surface area contributed by atoms with Gasteiger partial charge in [-0.25, -0.2) is 4.98 Å². The average Bonchev–Trinajstić information content (AvgIpc) is 2.22. The number of nitrogens with zero attached hydrogens (tertiary/aromatic N) is 1. The van der Waals surface area contributed by atoms with Crippen molar-refractivity contribution >= 4 is 18.0 Å². The lowest BCUT2D eigenvalue weighted by Crippen LogP contribution is -2.00. The fraction of sp³-hybridized carbons (Fsp3) is 0.0909. The van der Waals surface area contributed by atoms with Gasteiger partial charge in [-0.3, -0.25) is 0 Å². The van der Waals surface area contributed by atoms with Gasteiger partial charge in [-0.1, -0.05) is 12.1 Å². The molecule has 0 bridgehead atoms. The summed E-state index contributed by atoms with van der Waals surface area (Å²) in [7, 11) is 0. The maximum absolute atomic E-state index is 9.33. The molecule has 1 heterocycles. The minimum Gasteiger partial charge on any atom is -0.508 e. The van der Waals surface area contributed by atoms with Gasteiger partial charge in [0, 0.05) is 18.2 Å². The number of aromatic hydroxyl groups is 1. The molecule has 1 aromatic carbocycles. The molecule has 0 radical (unpaired) electrons. The molecule has 4 N–H and O–H groups in total. The Bertz CT molecular complexity index is 565. The van der Waals surface area contributed by atoms with Gasteiger partial charge in [0.25, 0.3) is 0 Å². The summed E-state index contributed by atoms with van der Waals surface area (Å²) in [6.45, 7) is 0. The Morgan fingerprint density at radius 2 is 2.25 bits per heavy atom. The number of nitrogens with one attached hydrogen (secondary N) is 1. The van der Waals surface area contributed by atoms with Crippen LogP contribution in [0, 0.1) is 4.77 Å². The minimum atomic E-state index is 0.243. The maximum Gasteiger partial charge on any atom is 0.198 e. The van der Waals surface area contributed by atoms with Crippen LogP contribution in [0.25, 0.3) is 0 Å². The Hall–Kier alpha value is -1.88. The molecule has 4 nitrogen and oxygen atoms in total. The van der Waals surface area contributed by atoms with Crippen molar-refractivity contribution in [2.75, 3.05) is 5.73 Å². The van der Waals surface area contributed by atoms with E-state index >= 15 is 0 Å². The molecule has 16 heavy (non-hydrogen) atoms. The number of aromatic nitrogens is 2. The molecular formula is C11H11N3OS. The van der Waals surface area contributed by atoms with Gasteiger partial charge in [0.1, 0.15) is 11.6 Å². The second kappa shape index (κ2) is 4.32. The summed E-state index contributed by atoms with van der Waals surface area (Å²) in [5.41, 5.74) is 7.61. The largest absolute Gasteiger partial charge is 0.508 e. The molecule has 1 aromatic heterocycles. The van der Waals surface area contributed by atoms with Crippen molar-refractivity contribution in [2.24, 2.45) is 0 Å². The number of aromatic amines is 1. The highest BCUT2D eigenvalue weighted by atomic mass is 32.1. The third-order valence-corrected chi connectivity index (χ3v) is 2.44. The van der Waals surface area contributed by atoms with E-state index in [9.17, 15) is 5.11 Å². The van der Waals surface area contributed by atoms with E-state index < -0.39 is 0 Å². The molecule has 0 aliphatic carbocycles. The van der Waals surface area contributed by atoms with Crippen LogP contribution in [-0.2, 0) is 6.42 Å². The quantitative estimate of drug-likeness (QED) is 0.694. The lowest BCUT2D eigenvalue weighted by atomic mass is 10.1. The van der Waals surface area contributed by atoms with Crippen molar-refractivity contribution in [1.29, 1.82) is 0 Å². The van der Waals surface area contributed by atoms with Gasteiger partial charge in [0.05, 0.1) is 0 Å². The number of nitrogens with two attached hydrogens (primary N) is 1. The second-order valence-corrected chi connectivity index (χ2v) is 3.86. The lowest BCUT2D eigenvalue weighted by Gasteiger charge is -2.05. The SMILES string of the molecule is Nc1[nH]c(=S)ncc1Cc1cccc(O)c1. The first-order valence-electron chi connectivity index (χ1n) is 4.77. The number of phenolic OH excluding ortho intramolecular Hbond substituents is 1. The Balaban J connectivity index is 2.30. The van der Waals surface area contributed by atoms with Crippen LogP contribution in [0.4, 0.5) is 5.82 Å². The second-order valence-electron chi connectivity index (χ2n) is 3.47. The fourth-order valence-corrected chi connectivity index (χ4v) is 1.62. The van der Waals surface area contributed by atoms with Gasteiger partial charge in [0.15, 0.2) is 4.77 Å². The molecule has 82 valence electrons. The monoisotopic (exact) mass is 233 g/mol. The highest BCUT2D eigenvalue weighted by molar-refractivity contribution is 7.71. The molecule has 0 fully saturated rings. The molecule has 0 aliphatic rings. The van der Waals surface area contributed by atoms with E-state index in [1.807, 2.05) is 6.07 Å². The predicted octanol–water partition coefficient (Wildman–Crippen LogP) is 2.02. The Morgan fingerprint density at radius 3 is 2.94 bits per heavy atom. The molecule has 5 heteroatoms. The molecule has 0 amide bonds. The minimum absolute atomic E-state index is 0.243. The van der Waals surface area contributed by atoms with E-state index in [2.05, 4.69) is 9.97 Å². The number of hydrogen-bond acceptors (Lipinski definition) is 4. The Labute approximate surface area is 97.8 Å². The number of phenols is 1. The molecule has 0 saturated carbocycles. The molecule has 0 spiro atoms. The molecule has 2 rings (SSSR count). The summed E-state index contributed by atoms with van der Waals surface area (Å²) in [6.07, 6.45) is 2.26. The Morgan fingerprint density at radius 1 is 1.44 bits per heavy atom. The summed E-state index contributed by atoms with van der Waals surface area (Å²) < 4.78 is 0.372. The van der Waals surface area contributed by atoms with Gasteiger partial charge in [-0.15, -0.1) is 0 Å². The zero-order valence-electron chi connectivity index (χ0n) is 8.47. The molecule has 0 saturated heterocycles. The molecule has 0 unspecified atom stereocenters. The molecule has 2 aromatic rings. The van der Waals surface area contributed by atoms with Gasteiger partial charge in [-0.05, 0) is 29.9 Å². The van der Waals surface area contributed by atoms with Crippen molar-refractivity contribution < 1.29 is 5.11 Å². The highest BCUT2D eigenvalue weighted by Gasteiger charge is 2.02. The molecular weight excluding hydrogens is 222 g/mol. The number of nitrogen functional groups attached to an aromatic ring is 1. The van der Waals surface area contributed by atoms with Gasteiger partial charge in [0.2, 0.25) is 0 Å². The predicted molar refractivity (Wildman–Crippen MR) is 64.7 cm³/mol. The topological polar surface area (TPSA) is 74.9 Å². The van der Waals surface area contributed by atoms with E-state index in [-0.39, 0.29) is 5.75 Å². The number of H-pyrrole nitrogens is 1. The van der Waals surface area contributed by atoms with Crippen molar-refractivity contribution in [3.8, 4) is 5.75 Å². The van der Waals surface area contributed by atoms with Gasteiger partial charge < -0.3 is 15.8 Å². The van der Waals surface area contributed by atoms with E-state index in [1.165, 1.54) is 0 Å². The van der Waals surface area contributed by atoms with Crippen molar-refractivity contribution in [1.82, 2.24) is 9.97 Å². The zero-order chi connectivity index (χ0) is 11.5. The number of rotatable bonds is 2. The summed E-state index contributed by atoms with van der Waals surface area (Å²) in [6, 6.07) is 7.03. The summed E-state index contributed by atoms with van der Waals surface area (Å²) in [5.74, 6) is 0.760. The first-order chi connectivity index (χ1) is 7.65. The summed E-state index contributed by atoms with van der Waals surface area (Å²) in [4.78, 5) is 6.77. The molecule has 0 atom stereocenters. The van der Waals surface area contributed by atoms with E-state index in [0.29, 0.717) is 17.0 Å². The van der Waals surface area contributed by atoms with Crippen LogP contribution in [0.2, 0.25) is 0 Å². The van der Waals surface area contributed by atoms with Crippen LogP contribution in [0.5, 0.6) is 5.75 Å². The van der Waals surface area contributed by atoms with Crippen LogP contribution in [-0.4, -0.2) is 15.1 Å². The van der Waals surface area contributed by atoms with Crippen LogP contribution in [0.15, 0.2) is 30.5 Å². The zero-order valence-corrected chi connectivity index (χ0v) is 9.29. The van der Waals surface area contributed by atoms with Crippen molar-refractivity contribution in [3.63, 3.8) is 0 Å². The van der Waals surface area contributed by atoms with Crippen LogP contribution in [0.3, 0.4) is 0 Å². The van der Waals surface area contributed by atoms with Crippen LogP contribution >= 0.6 is 12.2 Å². The standard InChI is InChI=1S/C11H11N3OS/c12-10-8(6-13-11(16)14-10)4-7-2-1-3-9(15)5-7/h1-3,5-6,15H,4H2,(H3,12,13,14,16). The number of anilines is 1. The van der Waals surface area contributed by atoms with Crippen molar-refractivity contribution in [3.05, 3.63) is 46.4 Å². The summed E-state index contributed by atoms with van der Waals surface area (Å²) in [5, 5.41) is 9.33. The van der Waals surface area contributed by atoms with Gasteiger partial charge >= 0.3 is 0 Å². The lowest BCUT2D eigenvalue weighted by molar-refractivity contribution is 0.474. The first-order valence-corrected chi connectivity index (χ1v) is 5.17. The van der Waals surface area contributed by atoms with E-state index in [4.69, 9.17) is 18.0 Å². The normalized spacial score (nSPS) is 10.2. The highest BCUT2D eigenvalue weighted by Crippen LogP contribution is 2.16. The third-order valence-electron chi connectivity index (χ3n) is 2.23. The smallest absolute Gasteiger partial charge is 0.198 e.